The minimum Gasteiger partial charge on any atom is -0.316 e. The van der Waals surface area contributed by atoms with Crippen LogP contribution in [-0.2, 0) is 9.84 Å². The smallest absolute Gasteiger partial charge is 0.152 e. The van der Waals surface area contributed by atoms with Crippen molar-refractivity contribution in [3.05, 3.63) is 0 Å². The fraction of sp³-hybridized carbons (Fsp3) is 1.00. The van der Waals surface area contributed by atoms with E-state index in [1.54, 1.807) is 0 Å². The van der Waals surface area contributed by atoms with Crippen molar-refractivity contribution in [1.29, 1.82) is 0 Å². The molecule has 0 saturated carbocycles. The van der Waals surface area contributed by atoms with Gasteiger partial charge >= 0.3 is 0 Å². The normalized spacial score (nSPS) is 35.4. The lowest BCUT2D eigenvalue weighted by atomic mass is 9.74. The largest absolute Gasteiger partial charge is 0.316 e. The van der Waals surface area contributed by atoms with Gasteiger partial charge in [0.1, 0.15) is 0 Å². The van der Waals surface area contributed by atoms with Gasteiger partial charge in [-0.2, -0.15) is 0 Å². The SMILES string of the molecule is CC1(NCC(C)(C)C2CCCNC2)CCS(=O)(=O)C1. The first kappa shape index (κ1) is 15.3. The van der Waals surface area contributed by atoms with Crippen LogP contribution in [0.4, 0.5) is 0 Å². The second-order valence-corrected chi connectivity index (χ2v) is 9.47. The summed E-state index contributed by atoms with van der Waals surface area (Å²) in [5.41, 5.74) is -0.0129. The quantitative estimate of drug-likeness (QED) is 0.815. The zero-order valence-electron chi connectivity index (χ0n) is 12.5. The first-order valence-corrected chi connectivity index (χ1v) is 9.21. The third-order valence-corrected chi connectivity index (χ3v) is 6.78. The summed E-state index contributed by atoms with van der Waals surface area (Å²) in [6.45, 7) is 9.76. The monoisotopic (exact) mass is 288 g/mol. The van der Waals surface area contributed by atoms with E-state index >= 15 is 0 Å². The Balaban J connectivity index is 1.90. The average molecular weight is 288 g/mol. The fourth-order valence-corrected chi connectivity index (χ4v) is 5.38. The molecule has 0 aromatic heterocycles. The van der Waals surface area contributed by atoms with Gasteiger partial charge in [0.25, 0.3) is 0 Å². The number of hydrogen-bond donors (Lipinski definition) is 2. The molecule has 2 aliphatic rings. The molecule has 2 saturated heterocycles. The maximum absolute atomic E-state index is 11.6. The molecular weight excluding hydrogens is 260 g/mol. The molecule has 2 heterocycles. The molecule has 2 unspecified atom stereocenters. The van der Waals surface area contributed by atoms with Crippen LogP contribution in [0, 0.1) is 11.3 Å². The third kappa shape index (κ3) is 3.92. The lowest BCUT2D eigenvalue weighted by Crippen LogP contribution is -2.51. The van der Waals surface area contributed by atoms with Crippen LogP contribution >= 0.6 is 0 Å². The molecule has 2 atom stereocenters. The molecule has 2 fully saturated rings. The number of hydrogen-bond acceptors (Lipinski definition) is 4. The molecule has 0 aliphatic carbocycles. The molecule has 0 radical (unpaired) electrons. The van der Waals surface area contributed by atoms with Crippen LogP contribution in [0.5, 0.6) is 0 Å². The summed E-state index contributed by atoms with van der Waals surface area (Å²) in [5.74, 6) is 1.30. The Labute approximate surface area is 117 Å². The van der Waals surface area contributed by atoms with Gasteiger partial charge in [-0.3, -0.25) is 0 Å². The molecule has 0 aromatic rings. The van der Waals surface area contributed by atoms with Gasteiger partial charge in [-0.15, -0.1) is 0 Å². The third-order valence-electron chi connectivity index (χ3n) is 4.88. The van der Waals surface area contributed by atoms with E-state index in [-0.39, 0.29) is 11.0 Å². The number of sulfone groups is 1. The van der Waals surface area contributed by atoms with Gasteiger partial charge in [0.2, 0.25) is 0 Å². The number of nitrogens with one attached hydrogen (secondary N) is 2. The van der Waals surface area contributed by atoms with Crippen molar-refractivity contribution in [3.63, 3.8) is 0 Å². The minimum absolute atomic E-state index is 0.211. The lowest BCUT2D eigenvalue weighted by molar-refractivity contribution is 0.152. The molecule has 19 heavy (non-hydrogen) atoms. The Bertz CT molecular complexity index is 413. The average Bonchev–Trinajstić information content (AvgIpc) is 2.63. The molecule has 4 nitrogen and oxygen atoms in total. The van der Waals surface area contributed by atoms with E-state index in [2.05, 4.69) is 24.5 Å². The van der Waals surface area contributed by atoms with Crippen LogP contribution in [0.2, 0.25) is 0 Å². The van der Waals surface area contributed by atoms with E-state index in [9.17, 15) is 8.42 Å². The molecule has 2 aliphatic heterocycles. The molecular formula is C14H28N2O2S. The van der Waals surface area contributed by atoms with Gasteiger partial charge < -0.3 is 10.6 Å². The van der Waals surface area contributed by atoms with E-state index in [1.165, 1.54) is 12.8 Å². The summed E-state index contributed by atoms with van der Waals surface area (Å²) in [6.07, 6.45) is 3.27. The predicted molar refractivity (Wildman–Crippen MR) is 79.1 cm³/mol. The molecule has 2 rings (SSSR count). The summed E-state index contributed by atoms with van der Waals surface area (Å²) in [6, 6.07) is 0. The zero-order chi connectivity index (χ0) is 14.1. The first-order valence-electron chi connectivity index (χ1n) is 7.39. The summed E-state index contributed by atoms with van der Waals surface area (Å²) < 4.78 is 23.2. The van der Waals surface area contributed by atoms with Crippen molar-refractivity contribution in [1.82, 2.24) is 10.6 Å². The van der Waals surface area contributed by atoms with Crippen LogP contribution < -0.4 is 10.6 Å². The van der Waals surface area contributed by atoms with E-state index in [4.69, 9.17) is 0 Å². The fourth-order valence-electron chi connectivity index (χ4n) is 3.25. The topological polar surface area (TPSA) is 58.2 Å². The highest BCUT2D eigenvalue weighted by atomic mass is 32.2. The highest BCUT2D eigenvalue weighted by molar-refractivity contribution is 7.91. The lowest BCUT2D eigenvalue weighted by Gasteiger charge is -2.40. The second kappa shape index (κ2) is 5.34. The summed E-state index contributed by atoms with van der Waals surface area (Å²) in [5, 5.41) is 7.01. The molecule has 0 amide bonds. The van der Waals surface area contributed by atoms with Crippen LogP contribution in [0.15, 0.2) is 0 Å². The van der Waals surface area contributed by atoms with Gasteiger partial charge in [0.15, 0.2) is 9.84 Å². The molecule has 0 bridgehead atoms. The summed E-state index contributed by atoms with van der Waals surface area (Å²) >= 11 is 0. The maximum Gasteiger partial charge on any atom is 0.152 e. The van der Waals surface area contributed by atoms with Crippen molar-refractivity contribution < 1.29 is 8.42 Å². The Morgan fingerprint density at radius 3 is 2.68 bits per heavy atom. The molecule has 5 heteroatoms. The zero-order valence-corrected chi connectivity index (χ0v) is 13.3. The Morgan fingerprint density at radius 1 is 1.42 bits per heavy atom. The molecule has 0 spiro atoms. The summed E-state index contributed by atoms with van der Waals surface area (Å²) in [7, 11) is -2.82. The van der Waals surface area contributed by atoms with Crippen LogP contribution in [0.1, 0.15) is 40.0 Å². The van der Waals surface area contributed by atoms with Crippen LogP contribution in [-0.4, -0.2) is 45.1 Å². The maximum atomic E-state index is 11.6. The van der Waals surface area contributed by atoms with Crippen molar-refractivity contribution >= 4 is 9.84 Å². The predicted octanol–water partition coefficient (Wildman–Crippen LogP) is 1.18. The van der Waals surface area contributed by atoms with Crippen molar-refractivity contribution in [2.45, 2.75) is 45.6 Å². The van der Waals surface area contributed by atoms with Gasteiger partial charge in [-0.1, -0.05) is 13.8 Å². The Morgan fingerprint density at radius 2 is 2.16 bits per heavy atom. The molecule has 112 valence electrons. The summed E-state index contributed by atoms with van der Waals surface area (Å²) in [4.78, 5) is 0. The van der Waals surface area contributed by atoms with Crippen molar-refractivity contribution in [2.75, 3.05) is 31.1 Å². The van der Waals surface area contributed by atoms with E-state index in [1.807, 2.05) is 6.92 Å². The van der Waals surface area contributed by atoms with Crippen molar-refractivity contribution in [3.8, 4) is 0 Å². The minimum atomic E-state index is -2.82. The molecule has 2 N–H and O–H groups in total. The van der Waals surface area contributed by atoms with Gasteiger partial charge in [-0.05, 0) is 50.6 Å². The van der Waals surface area contributed by atoms with E-state index < -0.39 is 9.84 Å². The van der Waals surface area contributed by atoms with Crippen LogP contribution in [0.25, 0.3) is 0 Å². The van der Waals surface area contributed by atoms with Gasteiger partial charge in [-0.25, -0.2) is 8.42 Å². The Kier molecular flexibility index (Phi) is 4.29. The van der Waals surface area contributed by atoms with Crippen molar-refractivity contribution in [2.24, 2.45) is 11.3 Å². The highest BCUT2D eigenvalue weighted by Crippen LogP contribution is 2.32. The first-order chi connectivity index (χ1) is 8.73. The highest BCUT2D eigenvalue weighted by Gasteiger charge is 2.40. The standard InChI is InChI=1S/C14H28N2O2S/c1-13(2,12-5-4-7-15-9-12)10-16-14(3)6-8-19(17,18)11-14/h12,15-16H,4-11H2,1-3H3. The Hall–Kier alpha value is -0.130. The number of rotatable bonds is 4. The van der Waals surface area contributed by atoms with Gasteiger partial charge in [0.05, 0.1) is 11.5 Å². The van der Waals surface area contributed by atoms with E-state index in [0.717, 1.165) is 26.1 Å². The van der Waals surface area contributed by atoms with Gasteiger partial charge in [0, 0.05) is 12.1 Å². The van der Waals surface area contributed by atoms with Crippen LogP contribution in [0.3, 0.4) is 0 Å². The van der Waals surface area contributed by atoms with E-state index in [0.29, 0.717) is 17.4 Å². The molecule has 0 aromatic carbocycles. The second-order valence-electron chi connectivity index (χ2n) is 7.29. The number of piperidine rings is 1.